The fraction of sp³-hybridized carbons (Fsp3) is 0.500. The Morgan fingerprint density at radius 1 is 1.00 bits per heavy atom. The van der Waals surface area contributed by atoms with Crippen LogP contribution < -0.4 is 10.6 Å². The minimum absolute atomic E-state index is 0.0710. The Kier molecular flexibility index (Phi) is 8.74. The molecule has 0 aliphatic rings. The fourth-order valence-electron chi connectivity index (χ4n) is 2.34. The number of amides is 2. The summed E-state index contributed by atoms with van der Waals surface area (Å²) in [5, 5.41) is 32.5. The van der Waals surface area contributed by atoms with Crippen LogP contribution in [0.5, 0.6) is 0 Å². The molecule has 1 aromatic carbocycles. The van der Waals surface area contributed by atoms with Crippen LogP contribution in [0.1, 0.15) is 25.8 Å². The predicted molar refractivity (Wildman–Crippen MR) is 94.2 cm³/mol. The lowest BCUT2D eigenvalue weighted by molar-refractivity contribution is -0.158. The Hall–Kier alpha value is -2.45. The standard InChI is InChI=1S/C18H26N2O6/c1-11(2)10-13(20-17(24)14(21)15(22)18(25)26)16(23)19-9-8-12-6-4-3-5-7-12/h3-7,11,13-15,21-22H,8-10H2,1-2H3,(H,19,23)(H,20,24)(H,25,26)/t13-,14-,15-/m0/s1. The van der Waals surface area contributed by atoms with Gasteiger partial charge in [-0.05, 0) is 24.3 Å². The average molecular weight is 366 g/mol. The SMILES string of the molecule is CC(C)C[C@H](NC(=O)[C@@H](O)[C@H](O)C(=O)O)C(=O)NCCc1ccccc1. The molecule has 0 bridgehead atoms. The molecule has 0 spiro atoms. The highest BCUT2D eigenvalue weighted by molar-refractivity contribution is 5.92. The molecule has 3 atom stereocenters. The van der Waals surface area contributed by atoms with Gasteiger partial charge in [-0.1, -0.05) is 44.2 Å². The molecule has 26 heavy (non-hydrogen) atoms. The minimum atomic E-state index is -2.25. The third-order valence-electron chi connectivity index (χ3n) is 3.72. The molecule has 0 unspecified atom stereocenters. The van der Waals surface area contributed by atoms with Crippen LogP contribution in [0.4, 0.5) is 0 Å². The molecule has 1 aromatic rings. The smallest absolute Gasteiger partial charge is 0.335 e. The van der Waals surface area contributed by atoms with Gasteiger partial charge in [0, 0.05) is 6.54 Å². The number of aliphatic hydroxyl groups is 2. The first-order chi connectivity index (χ1) is 12.2. The summed E-state index contributed by atoms with van der Waals surface area (Å²) in [6, 6.07) is 8.62. The molecule has 8 heteroatoms. The number of nitrogens with one attached hydrogen (secondary N) is 2. The monoisotopic (exact) mass is 366 g/mol. The van der Waals surface area contributed by atoms with Crippen LogP contribution >= 0.6 is 0 Å². The maximum Gasteiger partial charge on any atom is 0.335 e. The summed E-state index contributed by atoms with van der Waals surface area (Å²) < 4.78 is 0. The van der Waals surface area contributed by atoms with Crippen molar-refractivity contribution in [1.82, 2.24) is 10.6 Å². The van der Waals surface area contributed by atoms with Gasteiger partial charge < -0.3 is 26.0 Å². The maximum absolute atomic E-state index is 12.3. The molecule has 8 nitrogen and oxygen atoms in total. The Labute approximate surface area is 152 Å². The number of carboxylic acid groups (broad SMARTS) is 1. The van der Waals surface area contributed by atoms with Gasteiger partial charge in [0.15, 0.2) is 12.2 Å². The summed E-state index contributed by atoms with van der Waals surface area (Å²) in [6.45, 7) is 4.09. The Morgan fingerprint density at radius 2 is 1.62 bits per heavy atom. The molecule has 1 rings (SSSR count). The number of aliphatic hydroxyl groups excluding tert-OH is 2. The topological polar surface area (TPSA) is 136 Å². The van der Waals surface area contributed by atoms with E-state index in [4.69, 9.17) is 5.11 Å². The largest absolute Gasteiger partial charge is 0.479 e. The molecule has 0 saturated heterocycles. The summed E-state index contributed by atoms with van der Waals surface area (Å²) in [6.07, 6.45) is -3.48. The van der Waals surface area contributed by atoms with Crippen molar-refractivity contribution < 1.29 is 29.7 Å². The molecular formula is C18H26N2O6. The van der Waals surface area contributed by atoms with Gasteiger partial charge in [-0.25, -0.2) is 4.79 Å². The quantitative estimate of drug-likeness (QED) is 0.385. The zero-order chi connectivity index (χ0) is 19.7. The highest BCUT2D eigenvalue weighted by Crippen LogP contribution is 2.07. The van der Waals surface area contributed by atoms with E-state index < -0.39 is 36.0 Å². The summed E-state index contributed by atoms with van der Waals surface area (Å²) in [4.78, 5) is 34.9. The first-order valence-electron chi connectivity index (χ1n) is 8.43. The molecule has 0 aliphatic heterocycles. The number of carboxylic acids is 1. The van der Waals surface area contributed by atoms with Crippen LogP contribution in [0, 0.1) is 5.92 Å². The van der Waals surface area contributed by atoms with E-state index in [0.717, 1.165) is 5.56 Å². The summed E-state index contributed by atoms with van der Waals surface area (Å²) in [5.74, 6) is -3.19. The lowest BCUT2D eigenvalue weighted by Gasteiger charge is -2.22. The predicted octanol–water partition coefficient (Wildman–Crippen LogP) is -0.317. The number of aliphatic carboxylic acids is 1. The van der Waals surface area contributed by atoms with Crippen molar-refractivity contribution in [3.05, 3.63) is 35.9 Å². The molecule has 0 fully saturated rings. The van der Waals surface area contributed by atoms with E-state index in [0.29, 0.717) is 19.4 Å². The number of hydrogen-bond donors (Lipinski definition) is 5. The van der Waals surface area contributed by atoms with Gasteiger partial charge >= 0.3 is 5.97 Å². The Balaban J connectivity index is 2.62. The molecule has 0 radical (unpaired) electrons. The third-order valence-corrected chi connectivity index (χ3v) is 3.72. The average Bonchev–Trinajstić information content (AvgIpc) is 2.60. The van der Waals surface area contributed by atoms with Crippen molar-refractivity contribution >= 4 is 17.8 Å². The number of carbonyl (C=O) groups is 3. The van der Waals surface area contributed by atoms with Gasteiger partial charge in [0.25, 0.3) is 5.91 Å². The van der Waals surface area contributed by atoms with E-state index in [1.807, 2.05) is 44.2 Å². The first-order valence-corrected chi connectivity index (χ1v) is 8.43. The van der Waals surface area contributed by atoms with Crippen LogP contribution in [0.3, 0.4) is 0 Å². The van der Waals surface area contributed by atoms with Gasteiger partial charge in [0.1, 0.15) is 6.04 Å². The van der Waals surface area contributed by atoms with Crippen LogP contribution in [-0.2, 0) is 20.8 Å². The van der Waals surface area contributed by atoms with Gasteiger partial charge in [0.2, 0.25) is 5.91 Å². The molecule has 5 N–H and O–H groups in total. The number of carbonyl (C=O) groups excluding carboxylic acids is 2. The highest BCUT2D eigenvalue weighted by Gasteiger charge is 2.32. The van der Waals surface area contributed by atoms with E-state index in [1.54, 1.807) is 0 Å². The third kappa shape index (κ3) is 7.20. The summed E-state index contributed by atoms with van der Waals surface area (Å²) in [5.41, 5.74) is 1.05. The van der Waals surface area contributed by atoms with Crippen molar-refractivity contribution in [2.75, 3.05) is 6.54 Å². The first kappa shape index (κ1) is 21.6. The zero-order valence-corrected chi connectivity index (χ0v) is 14.9. The maximum atomic E-state index is 12.3. The number of benzene rings is 1. The van der Waals surface area contributed by atoms with Crippen molar-refractivity contribution in [1.29, 1.82) is 0 Å². The molecule has 144 valence electrons. The molecule has 0 aliphatic carbocycles. The second-order valence-electron chi connectivity index (χ2n) is 6.45. The minimum Gasteiger partial charge on any atom is -0.479 e. The molecule has 0 aromatic heterocycles. The number of hydrogen-bond acceptors (Lipinski definition) is 5. The highest BCUT2D eigenvalue weighted by atomic mass is 16.4. The normalized spacial score (nSPS) is 14.3. The molecular weight excluding hydrogens is 340 g/mol. The van der Waals surface area contributed by atoms with Crippen molar-refractivity contribution in [2.45, 2.75) is 44.9 Å². The van der Waals surface area contributed by atoms with Crippen LogP contribution in [0.15, 0.2) is 30.3 Å². The molecule has 0 saturated carbocycles. The van der Waals surface area contributed by atoms with E-state index in [9.17, 15) is 24.6 Å². The van der Waals surface area contributed by atoms with Crippen LogP contribution in [-0.4, -0.2) is 57.9 Å². The van der Waals surface area contributed by atoms with Gasteiger partial charge in [-0.3, -0.25) is 9.59 Å². The van der Waals surface area contributed by atoms with Crippen molar-refractivity contribution in [3.8, 4) is 0 Å². The lowest BCUT2D eigenvalue weighted by atomic mass is 10.0. The number of rotatable bonds is 10. The van der Waals surface area contributed by atoms with Gasteiger partial charge in [-0.15, -0.1) is 0 Å². The van der Waals surface area contributed by atoms with Crippen LogP contribution in [0.25, 0.3) is 0 Å². The molecule has 2 amide bonds. The Morgan fingerprint density at radius 3 is 2.15 bits per heavy atom. The van der Waals surface area contributed by atoms with E-state index in [1.165, 1.54) is 0 Å². The zero-order valence-electron chi connectivity index (χ0n) is 14.9. The van der Waals surface area contributed by atoms with E-state index >= 15 is 0 Å². The van der Waals surface area contributed by atoms with E-state index in [-0.39, 0.29) is 5.92 Å². The van der Waals surface area contributed by atoms with Crippen molar-refractivity contribution in [2.24, 2.45) is 5.92 Å². The van der Waals surface area contributed by atoms with E-state index in [2.05, 4.69) is 10.6 Å². The van der Waals surface area contributed by atoms with Gasteiger partial charge in [0.05, 0.1) is 0 Å². The van der Waals surface area contributed by atoms with Crippen LogP contribution in [0.2, 0.25) is 0 Å². The fourth-order valence-corrected chi connectivity index (χ4v) is 2.34. The van der Waals surface area contributed by atoms with Gasteiger partial charge in [-0.2, -0.15) is 0 Å². The second-order valence-corrected chi connectivity index (χ2v) is 6.45. The summed E-state index contributed by atoms with van der Waals surface area (Å²) in [7, 11) is 0. The lowest BCUT2D eigenvalue weighted by Crippen LogP contribution is -2.53. The van der Waals surface area contributed by atoms with Crippen molar-refractivity contribution in [3.63, 3.8) is 0 Å². The molecule has 0 heterocycles. The summed E-state index contributed by atoms with van der Waals surface area (Å²) >= 11 is 0. The Bertz CT molecular complexity index is 605. The second kappa shape index (κ2) is 10.5.